The van der Waals surface area contributed by atoms with Gasteiger partial charge in [-0.2, -0.15) is 5.10 Å². The lowest BCUT2D eigenvalue weighted by Gasteiger charge is -2.07. The first-order valence-electron chi connectivity index (χ1n) is 6.52. The average Bonchev–Trinajstić information content (AvgIpc) is 2.97. The van der Waals surface area contributed by atoms with Gasteiger partial charge in [-0.15, -0.1) is 0 Å². The van der Waals surface area contributed by atoms with Crippen molar-refractivity contribution in [2.24, 2.45) is 0 Å². The van der Waals surface area contributed by atoms with Crippen molar-refractivity contribution in [1.29, 1.82) is 0 Å². The minimum atomic E-state index is 0.823. The number of rotatable bonds is 5. The van der Waals surface area contributed by atoms with Gasteiger partial charge in [-0.1, -0.05) is 12.1 Å². The SMILES string of the molecule is COc1ccc(CCNc2nccc3[nH]ncc23)cc1. The first kappa shape index (κ1) is 12.5. The number of aromatic amines is 1. The summed E-state index contributed by atoms with van der Waals surface area (Å²) in [5.41, 5.74) is 2.25. The van der Waals surface area contributed by atoms with Gasteiger partial charge in [0.2, 0.25) is 0 Å². The maximum absolute atomic E-state index is 5.15. The van der Waals surface area contributed by atoms with Gasteiger partial charge in [0.05, 0.1) is 24.2 Å². The molecule has 0 fully saturated rings. The number of nitrogens with one attached hydrogen (secondary N) is 2. The van der Waals surface area contributed by atoms with Gasteiger partial charge in [-0.05, 0) is 30.2 Å². The molecule has 2 heterocycles. The van der Waals surface area contributed by atoms with Crippen molar-refractivity contribution in [2.75, 3.05) is 19.0 Å². The summed E-state index contributed by atoms with van der Waals surface area (Å²) in [5, 5.41) is 11.3. The van der Waals surface area contributed by atoms with Gasteiger partial charge >= 0.3 is 0 Å². The molecule has 0 amide bonds. The third-order valence-corrected chi connectivity index (χ3v) is 3.23. The van der Waals surface area contributed by atoms with Gasteiger partial charge in [0.1, 0.15) is 11.6 Å². The molecule has 0 aliphatic rings. The van der Waals surface area contributed by atoms with E-state index < -0.39 is 0 Å². The van der Waals surface area contributed by atoms with Crippen molar-refractivity contribution in [3.63, 3.8) is 0 Å². The van der Waals surface area contributed by atoms with E-state index in [2.05, 4.69) is 32.6 Å². The van der Waals surface area contributed by atoms with E-state index in [9.17, 15) is 0 Å². The van der Waals surface area contributed by atoms with E-state index in [0.29, 0.717) is 0 Å². The fourth-order valence-electron chi connectivity index (χ4n) is 2.13. The molecule has 2 aromatic heterocycles. The zero-order valence-electron chi connectivity index (χ0n) is 11.3. The van der Waals surface area contributed by atoms with Crippen LogP contribution in [0.5, 0.6) is 5.75 Å². The summed E-state index contributed by atoms with van der Waals surface area (Å²) in [6, 6.07) is 10.0. The molecule has 0 radical (unpaired) electrons. The quantitative estimate of drug-likeness (QED) is 0.746. The molecule has 0 saturated heterocycles. The molecule has 3 rings (SSSR count). The fraction of sp³-hybridized carbons (Fsp3) is 0.200. The molecule has 3 aromatic rings. The molecule has 0 atom stereocenters. The first-order valence-corrected chi connectivity index (χ1v) is 6.52. The van der Waals surface area contributed by atoms with Crippen molar-refractivity contribution in [1.82, 2.24) is 15.2 Å². The molecule has 20 heavy (non-hydrogen) atoms. The van der Waals surface area contributed by atoms with Crippen LogP contribution in [0.3, 0.4) is 0 Å². The van der Waals surface area contributed by atoms with Crippen LogP contribution in [0.1, 0.15) is 5.56 Å². The van der Waals surface area contributed by atoms with Gasteiger partial charge in [0.15, 0.2) is 0 Å². The highest BCUT2D eigenvalue weighted by molar-refractivity contribution is 5.88. The molecule has 1 aromatic carbocycles. The molecule has 0 aliphatic carbocycles. The molecule has 5 nitrogen and oxygen atoms in total. The Balaban J connectivity index is 1.63. The smallest absolute Gasteiger partial charge is 0.137 e. The molecule has 0 saturated carbocycles. The molecular formula is C15H16N4O. The molecule has 2 N–H and O–H groups in total. The first-order chi connectivity index (χ1) is 9.86. The highest BCUT2D eigenvalue weighted by atomic mass is 16.5. The molecule has 102 valence electrons. The van der Waals surface area contributed by atoms with Crippen molar-refractivity contribution >= 4 is 16.7 Å². The maximum Gasteiger partial charge on any atom is 0.137 e. The molecule has 0 aliphatic heterocycles. The van der Waals surface area contributed by atoms with Crippen molar-refractivity contribution in [3.8, 4) is 5.75 Å². The van der Waals surface area contributed by atoms with E-state index in [-0.39, 0.29) is 0 Å². The average molecular weight is 268 g/mol. The Morgan fingerprint density at radius 3 is 2.85 bits per heavy atom. The Morgan fingerprint density at radius 2 is 2.05 bits per heavy atom. The number of nitrogens with zero attached hydrogens (tertiary/aromatic N) is 2. The Kier molecular flexibility index (Phi) is 3.50. The zero-order valence-corrected chi connectivity index (χ0v) is 11.3. The number of aromatic nitrogens is 3. The minimum absolute atomic E-state index is 0.823. The van der Waals surface area contributed by atoms with Gasteiger partial charge < -0.3 is 10.1 Å². The molecular weight excluding hydrogens is 252 g/mol. The van der Waals surface area contributed by atoms with E-state index in [0.717, 1.165) is 35.4 Å². The highest BCUT2D eigenvalue weighted by Gasteiger charge is 2.03. The molecule has 0 spiro atoms. The summed E-state index contributed by atoms with van der Waals surface area (Å²) in [6.07, 6.45) is 4.49. The summed E-state index contributed by atoms with van der Waals surface area (Å²) >= 11 is 0. The van der Waals surface area contributed by atoms with Crippen LogP contribution < -0.4 is 10.1 Å². The van der Waals surface area contributed by atoms with Crippen LogP contribution in [0, 0.1) is 0 Å². The number of methoxy groups -OCH3 is 1. The Labute approximate surface area is 117 Å². The van der Waals surface area contributed by atoms with Crippen molar-refractivity contribution < 1.29 is 4.74 Å². The normalized spacial score (nSPS) is 10.7. The van der Waals surface area contributed by atoms with Crippen LogP contribution in [-0.4, -0.2) is 28.8 Å². The second-order valence-electron chi connectivity index (χ2n) is 4.52. The zero-order chi connectivity index (χ0) is 13.8. The van der Waals surface area contributed by atoms with Crippen LogP contribution in [0.4, 0.5) is 5.82 Å². The van der Waals surface area contributed by atoms with E-state index in [1.807, 2.05) is 18.2 Å². The second-order valence-corrected chi connectivity index (χ2v) is 4.52. The number of fused-ring (bicyclic) bond motifs is 1. The lowest BCUT2D eigenvalue weighted by molar-refractivity contribution is 0.414. The summed E-state index contributed by atoms with van der Waals surface area (Å²) in [6.45, 7) is 0.823. The van der Waals surface area contributed by atoms with Crippen LogP contribution in [0.25, 0.3) is 10.9 Å². The fourth-order valence-corrected chi connectivity index (χ4v) is 2.13. The number of ether oxygens (including phenoxy) is 1. The topological polar surface area (TPSA) is 62.8 Å². The third kappa shape index (κ3) is 2.56. The number of hydrogen-bond donors (Lipinski definition) is 2. The predicted molar refractivity (Wildman–Crippen MR) is 79.1 cm³/mol. The molecule has 0 unspecified atom stereocenters. The van der Waals surface area contributed by atoms with Gasteiger partial charge in [0, 0.05) is 12.7 Å². The highest BCUT2D eigenvalue weighted by Crippen LogP contribution is 2.18. The van der Waals surface area contributed by atoms with Gasteiger partial charge in [0.25, 0.3) is 0 Å². The van der Waals surface area contributed by atoms with E-state index >= 15 is 0 Å². The summed E-state index contributed by atoms with van der Waals surface area (Å²) < 4.78 is 5.15. The van der Waals surface area contributed by atoms with E-state index in [1.54, 1.807) is 19.5 Å². The lowest BCUT2D eigenvalue weighted by atomic mass is 10.1. The molecule has 0 bridgehead atoms. The number of anilines is 1. The predicted octanol–water partition coefficient (Wildman–Crippen LogP) is 2.62. The van der Waals surface area contributed by atoms with Crippen molar-refractivity contribution in [2.45, 2.75) is 6.42 Å². The van der Waals surface area contributed by atoms with Crippen LogP contribution in [0.15, 0.2) is 42.7 Å². The number of hydrogen-bond acceptors (Lipinski definition) is 4. The van der Waals surface area contributed by atoms with Gasteiger partial charge in [-0.3, -0.25) is 5.10 Å². The largest absolute Gasteiger partial charge is 0.497 e. The Bertz CT molecular complexity index is 690. The monoisotopic (exact) mass is 268 g/mol. The Morgan fingerprint density at radius 1 is 1.20 bits per heavy atom. The minimum Gasteiger partial charge on any atom is -0.497 e. The number of pyridine rings is 1. The van der Waals surface area contributed by atoms with Crippen LogP contribution >= 0.6 is 0 Å². The number of H-pyrrole nitrogens is 1. The van der Waals surface area contributed by atoms with E-state index in [4.69, 9.17) is 4.74 Å². The molecule has 5 heteroatoms. The summed E-state index contributed by atoms with van der Waals surface area (Å²) in [4.78, 5) is 4.35. The third-order valence-electron chi connectivity index (χ3n) is 3.23. The summed E-state index contributed by atoms with van der Waals surface area (Å²) in [5.74, 6) is 1.75. The van der Waals surface area contributed by atoms with Gasteiger partial charge in [-0.25, -0.2) is 4.98 Å². The van der Waals surface area contributed by atoms with E-state index in [1.165, 1.54) is 5.56 Å². The lowest BCUT2D eigenvalue weighted by Crippen LogP contribution is -2.06. The van der Waals surface area contributed by atoms with Crippen molar-refractivity contribution in [3.05, 3.63) is 48.3 Å². The van der Waals surface area contributed by atoms with Crippen LogP contribution in [-0.2, 0) is 6.42 Å². The van der Waals surface area contributed by atoms with Crippen LogP contribution in [0.2, 0.25) is 0 Å². The maximum atomic E-state index is 5.15. The summed E-state index contributed by atoms with van der Waals surface area (Å²) in [7, 11) is 1.67. The standard InChI is InChI=1S/C15H16N4O/c1-20-12-4-2-11(3-5-12)6-8-16-15-13-10-18-19-14(13)7-9-17-15/h2-5,7,9-10H,6,8H2,1H3,(H,16,17)(H,18,19). The number of benzene rings is 1. The Hall–Kier alpha value is -2.56. The second kappa shape index (κ2) is 5.61.